The Morgan fingerprint density at radius 1 is 1.60 bits per heavy atom. The number of carbonyl (C=O) groups is 1. The summed E-state index contributed by atoms with van der Waals surface area (Å²) in [7, 11) is 1.52. The summed E-state index contributed by atoms with van der Waals surface area (Å²) >= 11 is 1.28. The maximum Gasteiger partial charge on any atom is 0.323 e. The Morgan fingerprint density at radius 3 is 3.15 bits per heavy atom. The lowest BCUT2D eigenvalue weighted by atomic mass is 10.3. The lowest BCUT2D eigenvalue weighted by molar-refractivity contribution is 0.222. The summed E-state index contributed by atoms with van der Waals surface area (Å²) < 4.78 is 5.11. The van der Waals surface area contributed by atoms with E-state index in [0.29, 0.717) is 34.4 Å². The summed E-state index contributed by atoms with van der Waals surface area (Å²) in [4.78, 5) is 26.8. The van der Waals surface area contributed by atoms with Crippen molar-refractivity contribution in [1.82, 2.24) is 19.9 Å². The molecule has 1 saturated heterocycles. The molecule has 2 aromatic rings. The molecule has 3 heterocycles. The van der Waals surface area contributed by atoms with Crippen LogP contribution in [0, 0.1) is 0 Å². The van der Waals surface area contributed by atoms with Gasteiger partial charge in [-0.15, -0.1) is 0 Å². The number of fused-ring (bicyclic) bond motifs is 1. The van der Waals surface area contributed by atoms with Crippen LogP contribution in [-0.2, 0) is 0 Å². The van der Waals surface area contributed by atoms with E-state index in [1.165, 1.54) is 24.8 Å². The highest BCUT2D eigenvalue weighted by Crippen LogP contribution is 2.29. The predicted molar refractivity (Wildman–Crippen MR) is 74.9 cm³/mol. The molecular weight excluding hydrogens is 280 g/mol. The van der Waals surface area contributed by atoms with Crippen LogP contribution in [0.5, 0.6) is 5.88 Å². The molecule has 0 bridgehead atoms. The number of likely N-dealkylation sites (tertiary alicyclic amines) is 1. The Hall–Kier alpha value is -2.00. The van der Waals surface area contributed by atoms with Gasteiger partial charge in [0.25, 0.3) is 0 Å². The van der Waals surface area contributed by atoms with Gasteiger partial charge in [0.1, 0.15) is 6.33 Å². The van der Waals surface area contributed by atoms with Crippen LogP contribution in [0.2, 0.25) is 0 Å². The van der Waals surface area contributed by atoms with Crippen molar-refractivity contribution >= 4 is 32.8 Å². The largest absolute Gasteiger partial charge is 0.479 e. The van der Waals surface area contributed by atoms with Crippen LogP contribution in [-0.4, -0.2) is 52.1 Å². The average Bonchev–Trinajstić information content (AvgIpc) is 3.03. The van der Waals surface area contributed by atoms with E-state index in [9.17, 15) is 4.79 Å². The van der Waals surface area contributed by atoms with Gasteiger partial charge in [-0.05, 0) is 6.42 Å². The van der Waals surface area contributed by atoms with Gasteiger partial charge in [-0.2, -0.15) is 4.98 Å². The molecule has 1 fully saturated rings. The Morgan fingerprint density at radius 2 is 2.45 bits per heavy atom. The van der Waals surface area contributed by atoms with Gasteiger partial charge in [-0.25, -0.2) is 14.8 Å². The minimum absolute atomic E-state index is 0.0575. The molecule has 0 unspecified atom stereocenters. The Labute approximate surface area is 119 Å². The van der Waals surface area contributed by atoms with Crippen LogP contribution in [0.4, 0.5) is 9.93 Å². The molecule has 106 valence electrons. The number of nitrogens with one attached hydrogen (secondary N) is 1. The van der Waals surface area contributed by atoms with Crippen molar-refractivity contribution in [1.29, 1.82) is 0 Å². The monoisotopic (exact) mass is 294 g/mol. The van der Waals surface area contributed by atoms with Crippen LogP contribution in [0.3, 0.4) is 0 Å². The number of hydrogen-bond acceptors (Lipinski definition) is 7. The highest BCUT2D eigenvalue weighted by atomic mass is 32.1. The molecule has 0 spiro atoms. The predicted octanol–water partition coefficient (Wildman–Crippen LogP) is 0.660. The molecule has 3 rings (SSSR count). The third kappa shape index (κ3) is 2.37. The number of ether oxygens (including phenoxy) is 1. The van der Waals surface area contributed by atoms with Crippen molar-refractivity contribution in [2.24, 2.45) is 5.73 Å². The van der Waals surface area contributed by atoms with Crippen molar-refractivity contribution in [2.75, 3.05) is 25.5 Å². The maximum atomic E-state index is 12.1. The van der Waals surface area contributed by atoms with E-state index in [0.717, 1.165) is 6.42 Å². The quantitative estimate of drug-likeness (QED) is 0.842. The lowest BCUT2D eigenvalue weighted by Crippen LogP contribution is -2.35. The third-order valence-electron chi connectivity index (χ3n) is 3.08. The average molecular weight is 294 g/mol. The second-order valence-electron chi connectivity index (χ2n) is 4.48. The highest BCUT2D eigenvalue weighted by molar-refractivity contribution is 7.22. The summed E-state index contributed by atoms with van der Waals surface area (Å²) in [5, 5.41) is 3.24. The van der Waals surface area contributed by atoms with E-state index in [-0.39, 0.29) is 12.1 Å². The molecule has 1 atom stereocenters. The Bertz CT molecular complexity index is 645. The fourth-order valence-electron chi connectivity index (χ4n) is 2.08. The molecule has 0 saturated carbocycles. The minimum atomic E-state index is -0.191. The van der Waals surface area contributed by atoms with Crippen LogP contribution in [0.15, 0.2) is 6.33 Å². The van der Waals surface area contributed by atoms with Gasteiger partial charge < -0.3 is 15.4 Å². The summed E-state index contributed by atoms with van der Waals surface area (Å²) in [6, 6.07) is -0.133. The number of anilines is 1. The van der Waals surface area contributed by atoms with Gasteiger partial charge in [0.2, 0.25) is 5.88 Å². The first kappa shape index (κ1) is 13.0. The molecule has 0 aromatic carbocycles. The van der Waals surface area contributed by atoms with Crippen molar-refractivity contribution in [3.8, 4) is 5.88 Å². The number of methoxy groups -OCH3 is 1. The van der Waals surface area contributed by atoms with Crippen LogP contribution < -0.4 is 15.8 Å². The second kappa shape index (κ2) is 5.17. The molecule has 8 nitrogen and oxygen atoms in total. The van der Waals surface area contributed by atoms with E-state index in [2.05, 4.69) is 20.3 Å². The summed E-state index contributed by atoms with van der Waals surface area (Å²) in [5.41, 5.74) is 6.34. The normalized spacial score (nSPS) is 18.5. The molecule has 1 aliphatic rings. The number of nitrogens with zero attached hydrogens (tertiary/aromatic N) is 4. The summed E-state index contributed by atoms with van der Waals surface area (Å²) in [5.74, 6) is 0.398. The number of carbonyl (C=O) groups excluding carboxylic acids is 1. The van der Waals surface area contributed by atoms with E-state index in [1.807, 2.05) is 0 Å². The Kier molecular flexibility index (Phi) is 3.36. The zero-order chi connectivity index (χ0) is 14.1. The second-order valence-corrected chi connectivity index (χ2v) is 5.46. The number of urea groups is 1. The van der Waals surface area contributed by atoms with Gasteiger partial charge >= 0.3 is 6.03 Å². The van der Waals surface area contributed by atoms with Gasteiger partial charge in [0, 0.05) is 19.1 Å². The zero-order valence-electron chi connectivity index (χ0n) is 10.9. The van der Waals surface area contributed by atoms with E-state index >= 15 is 0 Å². The fourth-order valence-corrected chi connectivity index (χ4v) is 2.87. The molecule has 0 radical (unpaired) electrons. The third-order valence-corrected chi connectivity index (χ3v) is 3.96. The number of hydrogen-bond donors (Lipinski definition) is 2. The van der Waals surface area contributed by atoms with Crippen molar-refractivity contribution in [3.63, 3.8) is 0 Å². The molecule has 20 heavy (non-hydrogen) atoms. The fraction of sp³-hybridized carbons (Fsp3) is 0.455. The SMILES string of the molecule is COc1ncnc2sc(NC(=O)N3CC[C@H](N)C3)nc12. The van der Waals surface area contributed by atoms with Crippen molar-refractivity contribution in [3.05, 3.63) is 6.33 Å². The Balaban J connectivity index is 1.79. The van der Waals surface area contributed by atoms with Crippen LogP contribution in [0.25, 0.3) is 10.3 Å². The van der Waals surface area contributed by atoms with Gasteiger partial charge in [-0.1, -0.05) is 11.3 Å². The van der Waals surface area contributed by atoms with Gasteiger partial charge in [-0.3, -0.25) is 5.32 Å². The number of rotatable bonds is 2. The smallest absolute Gasteiger partial charge is 0.323 e. The van der Waals surface area contributed by atoms with Crippen molar-refractivity contribution < 1.29 is 9.53 Å². The topological polar surface area (TPSA) is 106 Å². The first-order chi connectivity index (χ1) is 9.67. The molecule has 9 heteroatoms. The van der Waals surface area contributed by atoms with Crippen molar-refractivity contribution in [2.45, 2.75) is 12.5 Å². The van der Waals surface area contributed by atoms with E-state index in [1.54, 1.807) is 4.90 Å². The van der Waals surface area contributed by atoms with Crippen LogP contribution in [0.1, 0.15) is 6.42 Å². The first-order valence-electron chi connectivity index (χ1n) is 6.14. The molecule has 0 aliphatic carbocycles. The first-order valence-corrected chi connectivity index (χ1v) is 6.96. The number of nitrogens with two attached hydrogens (primary N) is 1. The molecule has 1 aliphatic heterocycles. The summed E-state index contributed by atoms with van der Waals surface area (Å²) in [6.07, 6.45) is 2.23. The van der Waals surface area contributed by atoms with E-state index in [4.69, 9.17) is 10.5 Å². The molecule has 2 amide bonds. The zero-order valence-corrected chi connectivity index (χ0v) is 11.7. The minimum Gasteiger partial charge on any atom is -0.479 e. The van der Waals surface area contributed by atoms with Gasteiger partial charge in [0.05, 0.1) is 7.11 Å². The summed E-state index contributed by atoms with van der Waals surface area (Å²) in [6.45, 7) is 1.24. The number of amides is 2. The van der Waals surface area contributed by atoms with E-state index < -0.39 is 0 Å². The highest BCUT2D eigenvalue weighted by Gasteiger charge is 2.24. The standard InChI is InChI=1S/C11H14N6O2S/c1-19-8-7-9(14-5-13-8)20-10(15-7)16-11(18)17-3-2-6(12)4-17/h5-6H,2-4,12H2,1H3,(H,15,16,18)/t6-/m0/s1. The molecule has 3 N–H and O–H groups in total. The number of thiazole rings is 1. The van der Waals surface area contributed by atoms with Gasteiger partial charge in [0.15, 0.2) is 15.5 Å². The lowest BCUT2D eigenvalue weighted by Gasteiger charge is -2.15. The molecular formula is C11H14N6O2S. The van der Waals surface area contributed by atoms with Crippen LogP contribution >= 0.6 is 11.3 Å². The number of aromatic nitrogens is 3. The maximum absolute atomic E-state index is 12.1. The molecule has 2 aromatic heterocycles.